The van der Waals surface area contributed by atoms with Crippen molar-refractivity contribution in [1.29, 1.82) is 0 Å². The van der Waals surface area contributed by atoms with Crippen molar-refractivity contribution in [2.75, 3.05) is 7.11 Å². The van der Waals surface area contributed by atoms with Crippen LogP contribution < -0.4 is 10.1 Å². The monoisotopic (exact) mass is 399 g/mol. The second-order valence-corrected chi connectivity index (χ2v) is 7.32. The first-order chi connectivity index (χ1) is 13.7. The molecule has 154 valence electrons. The first kappa shape index (κ1) is 21.9. The molecule has 29 heavy (non-hydrogen) atoms. The topological polar surface area (TPSA) is 90.9 Å². The minimum Gasteiger partial charge on any atom is -0.467 e. The number of hydrogen-bond donors (Lipinski definition) is 1. The standard InChI is InChI=1S/C22H25NO6/c1-22(2,3)29-21(26)23-18(20(25)27-4)13-16-7-5-6-8-19(16)28-17-11-9-15(14-24)10-12-17/h5-12,14,18H,13H2,1-4H3,(H,23,26). The molecule has 0 aliphatic rings. The minimum atomic E-state index is -0.947. The van der Waals surface area contributed by atoms with Gasteiger partial charge in [0, 0.05) is 12.0 Å². The second kappa shape index (κ2) is 9.73. The van der Waals surface area contributed by atoms with Gasteiger partial charge in [0.15, 0.2) is 0 Å². The summed E-state index contributed by atoms with van der Waals surface area (Å²) in [7, 11) is 1.25. The fourth-order valence-corrected chi connectivity index (χ4v) is 2.52. The van der Waals surface area contributed by atoms with Crippen LogP contribution in [0.25, 0.3) is 0 Å². The van der Waals surface area contributed by atoms with E-state index in [0.717, 1.165) is 6.29 Å². The van der Waals surface area contributed by atoms with Crippen molar-refractivity contribution in [2.45, 2.75) is 38.8 Å². The van der Waals surface area contributed by atoms with Crippen LogP contribution in [0.5, 0.6) is 11.5 Å². The van der Waals surface area contributed by atoms with E-state index < -0.39 is 23.7 Å². The van der Waals surface area contributed by atoms with Gasteiger partial charge in [0.1, 0.15) is 29.4 Å². The molecule has 0 saturated carbocycles. The molecule has 1 unspecified atom stereocenters. The molecule has 0 radical (unpaired) electrons. The lowest BCUT2D eigenvalue weighted by Gasteiger charge is -2.23. The Morgan fingerprint density at radius 3 is 2.31 bits per heavy atom. The van der Waals surface area contributed by atoms with Gasteiger partial charge in [0.25, 0.3) is 0 Å². The summed E-state index contributed by atoms with van der Waals surface area (Å²) in [5.74, 6) is 0.463. The number of methoxy groups -OCH3 is 1. The zero-order valence-corrected chi connectivity index (χ0v) is 16.9. The van der Waals surface area contributed by atoms with Crippen LogP contribution in [0.1, 0.15) is 36.7 Å². The fourth-order valence-electron chi connectivity index (χ4n) is 2.52. The van der Waals surface area contributed by atoms with Crippen molar-refractivity contribution in [2.24, 2.45) is 0 Å². The van der Waals surface area contributed by atoms with Crippen molar-refractivity contribution in [3.8, 4) is 11.5 Å². The summed E-state index contributed by atoms with van der Waals surface area (Å²) in [6.45, 7) is 5.20. The molecule has 0 aliphatic heterocycles. The summed E-state index contributed by atoms with van der Waals surface area (Å²) in [4.78, 5) is 35.1. The Hall–Kier alpha value is -3.35. The predicted molar refractivity (Wildman–Crippen MR) is 107 cm³/mol. The normalized spacial score (nSPS) is 11.9. The highest BCUT2D eigenvalue weighted by Gasteiger charge is 2.26. The van der Waals surface area contributed by atoms with E-state index in [1.54, 1.807) is 69.3 Å². The van der Waals surface area contributed by atoms with E-state index in [-0.39, 0.29) is 6.42 Å². The smallest absolute Gasteiger partial charge is 0.408 e. The Kier molecular flexibility index (Phi) is 7.36. The van der Waals surface area contributed by atoms with Gasteiger partial charge in [0.05, 0.1) is 7.11 Å². The van der Waals surface area contributed by atoms with Gasteiger partial charge in [0.2, 0.25) is 0 Å². The molecular weight excluding hydrogens is 374 g/mol. The number of carbonyl (C=O) groups excluding carboxylic acids is 3. The third kappa shape index (κ3) is 6.95. The van der Waals surface area contributed by atoms with Gasteiger partial charge in [-0.05, 0) is 56.7 Å². The molecule has 7 heteroatoms. The molecular formula is C22H25NO6. The van der Waals surface area contributed by atoms with E-state index in [9.17, 15) is 14.4 Å². The Morgan fingerprint density at radius 2 is 1.72 bits per heavy atom. The van der Waals surface area contributed by atoms with Gasteiger partial charge in [-0.15, -0.1) is 0 Å². The minimum absolute atomic E-state index is 0.147. The number of benzene rings is 2. The Labute approximate surface area is 170 Å². The maximum Gasteiger partial charge on any atom is 0.408 e. The van der Waals surface area contributed by atoms with Crippen LogP contribution in [-0.2, 0) is 20.7 Å². The summed E-state index contributed by atoms with van der Waals surface area (Å²) in [5.41, 5.74) is 0.538. The van der Waals surface area contributed by atoms with Gasteiger partial charge >= 0.3 is 12.1 Å². The maximum atomic E-state index is 12.2. The van der Waals surface area contributed by atoms with Crippen molar-refractivity contribution in [3.05, 3.63) is 59.7 Å². The Bertz CT molecular complexity index is 854. The highest BCUT2D eigenvalue weighted by molar-refractivity contribution is 5.81. The van der Waals surface area contributed by atoms with E-state index in [4.69, 9.17) is 14.2 Å². The molecule has 1 atom stereocenters. The van der Waals surface area contributed by atoms with Gasteiger partial charge in [-0.1, -0.05) is 18.2 Å². The number of esters is 1. The first-order valence-corrected chi connectivity index (χ1v) is 9.10. The highest BCUT2D eigenvalue weighted by atomic mass is 16.6. The lowest BCUT2D eigenvalue weighted by Crippen LogP contribution is -2.45. The van der Waals surface area contributed by atoms with Crippen molar-refractivity contribution in [3.63, 3.8) is 0 Å². The summed E-state index contributed by atoms with van der Waals surface area (Å²) in [6, 6.07) is 12.9. The largest absolute Gasteiger partial charge is 0.467 e. The zero-order valence-electron chi connectivity index (χ0n) is 16.9. The van der Waals surface area contributed by atoms with Gasteiger partial charge < -0.3 is 19.5 Å². The van der Waals surface area contributed by atoms with E-state index in [2.05, 4.69) is 5.32 Å². The van der Waals surface area contributed by atoms with Crippen molar-refractivity contribution >= 4 is 18.3 Å². The van der Waals surface area contributed by atoms with Crippen LogP contribution in [0, 0.1) is 0 Å². The van der Waals surface area contributed by atoms with Crippen LogP contribution in [0.2, 0.25) is 0 Å². The van der Waals surface area contributed by atoms with Crippen molar-refractivity contribution in [1.82, 2.24) is 5.32 Å². The van der Waals surface area contributed by atoms with E-state index in [1.165, 1.54) is 7.11 Å². The van der Waals surface area contributed by atoms with Crippen LogP contribution in [-0.4, -0.2) is 37.1 Å². The number of alkyl carbamates (subject to hydrolysis) is 1. The number of amides is 1. The lowest BCUT2D eigenvalue weighted by molar-refractivity contribution is -0.143. The molecule has 2 rings (SSSR count). The number of aldehydes is 1. The molecule has 1 N–H and O–H groups in total. The summed E-state index contributed by atoms with van der Waals surface area (Å²) in [6.07, 6.45) is 0.186. The average molecular weight is 399 g/mol. The Balaban J connectivity index is 2.19. The molecule has 2 aromatic rings. The zero-order chi connectivity index (χ0) is 21.4. The number of hydrogen-bond acceptors (Lipinski definition) is 6. The summed E-state index contributed by atoms with van der Waals surface area (Å²) < 4.78 is 15.9. The van der Waals surface area contributed by atoms with Crippen molar-refractivity contribution < 1.29 is 28.6 Å². The van der Waals surface area contributed by atoms with Crippen LogP contribution in [0.4, 0.5) is 4.79 Å². The summed E-state index contributed by atoms with van der Waals surface area (Å²) >= 11 is 0. The first-order valence-electron chi connectivity index (χ1n) is 9.10. The van der Waals surface area contributed by atoms with E-state index in [1.807, 2.05) is 0 Å². The van der Waals surface area contributed by atoms with Gasteiger partial charge in [-0.3, -0.25) is 4.79 Å². The van der Waals surface area contributed by atoms with E-state index >= 15 is 0 Å². The maximum absolute atomic E-state index is 12.2. The Morgan fingerprint density at radius 1 is 1.07 bits per heavy atom. The van der Waals surface area contributed by atoms with E-state index in [0.29, 0.717) is 22.6 Å². The molecule has 1 amide bonds. The number of nitrogens with one attached hydrogen (secondary N) is 1. The quantitative estimate of drug-likeness (QED) is 0.561. The third-order valence-corrected chi connectivity index (χ3v) is 3.82. The van der Waals surface area contributed by atoms with Gasteiger partial charge in [-0.2, -0.15) is 0 Å². The van der Waals surface area contributed by atoms with Crippen LogP contribution >= 0.6 is 0 Å². The number of ether oxygens (including phenoxy) is 3. The summed E-state index contributed by atoms with van der Waals surface area (Å²) in [5, 5.41) is 2.55. The average Bonchev–Trinajstić information content (AvgIpc) is 2.67. The number of para-hydroxylation sites is 1. The molecule has 0 spiro atoms. The number of carbonyl (C=O) groups is 3. The predicted octanol–water partition coefficient (Wildman–Crippen LogP) is 3.90. The highest BCUT2D eigenvalue weighted by Crippen LogP contribution is 2.26. The van der Waals surface area contributed by atoms with Gasteiger partial charge in [-0.25, -0.2) is 9.59 Å². The molecule has 0 saturated heterocycles. The fraction of sp³-hybridized carbons (Fsp3) is 0.318. The number of rotatable bonds is 7. The molecule has 0 bridgehead atoms. The molecule has 0 fully saturated rings. The second-order valence-electron chi connectivity index (χ2n) is 7.32. The molecule has 0 aliphatic carbocycles. The van der Waals surface area contributed by atoms with Crippen LogP contribution in [0.15, 0.2) is 48.5 Å². The van der Waals surface area contributed by atoms with Crippen LogP contribution in [0.3, 0.4) is 0 Å². The SMILES string of the molecule is COC(=O)C(Cc1ccccc1Oc1ccc(C=O)cc1)NC(=O)OC(C)(C)C. The third-order valence-electron chi connectivity index (χ3n) is 3.82. The molecule has 7 nitrogen and oxygen atoms in total. The molecule has 0 aromatic heterocycles. The molecule has 0 heterocycles. The molecule has 2 aromatic carbocycles. The lowest BCUT2D eigenvalue weighted by atomic mass is 10.0.